The van der Waals surface area contributed by atoms with Crippen LogP contribution in [0.15, 0.2) is 59.5 Å². The largest absolute Gasteiger partial charge is 0.351 e. The van der Waals surface area contributed by atoms with E-state index in [2.05, 4.69) is 5.32 Å². The molecule has 2 aromatic carbocycles. The van der Waals surface area contributed by atoms with E-state index in [9.17, 15) is 4.79 Å². The van der Waals surface area contributed by atoms with Crippen LogP contribution in [-0.4, -0.2) is 12.5 Å². The Hall–Kier alpha value is -1.78. The Morgan fingerprint density at radius 2 is 1.80 bits per heavy atom. The van der Waals surface area contributed by atoms with Gasteiger partial charge in [0.25, 0.3) is 5.91 Å². The van der Waals surface area contributed by atoms with E-state index >= 15 is 0 Å². The molecule has 3 rings (SSSR count). The first kappa shape index (κ1) is 13.2. The van der Waals surface area contributed by atoms with E-state index < -0.39 is 4.93 Å². The minimum Gasteiger partial charge on any atom is -0.351 e. The summed E-state index contributed by atoms with van der Waals surface area (Å²) in [5, 5.41) is 2.95. The van der Waals surface area contributed by atoms with Crippen molar-refractivity contribution in [2.24, 2.45) is 0 Å². The highest BCUT2D eigenvalue weighted by molar-refractivity contribution is 8.01. The number of carbonyl (C=O) groups is 1. The molecular weight excluding hydrogens is 270 g/mol. The molecule has 102 valence electrons. The van der Waals surface area contributed by atoms with Crippen LogP contribution in [0.1, 0.15) is 12.5 Å². The van der Waals surface area contributed by atoms with Crippen molar-refractivity contribution >= 4 is 23.4 Å². The van der Waals surface area contributed by atoms with Crippen molar-refractivity contribution in [1.82, 2.24) is 0 Å². The standard InChI is InChI=1S/C16H15NO2S/c1-2-19-16(12-8-4-3-5-9-12)15(18)17-13-10-6-7-11-14(13)20-16/h3-11H,2H2,1H3,(H,17,18). The molecular formula is C16H15NO2S. The molecule has 1 N–H and O–H groups in total. The zero-order valence-electron chi connectivity index (χ0n) is 11.1. The molecule has 4 heteroatoms. The molecule has 1 amide bonds. The smallest absolute Gasteiger partial charge is 0.272 e. The molecule has 20 heavy (non-hydrogen) atoms. The first-order valence-corrected chi connectivity index (χ1v) is 7.37. The summed E-state index contributed by atoms with van der Waals surface area (Å²) in [4.78, 5) is 12.6. The lowest BCUT2D eigenvalue weighted by molar-refractivity contribution is -0.131. The summed E-state index contributed by atoms with van der Waals surface area (Å²) in [7, 11) is 0. The first-order chi connectivity index (χ1) is 9.76. The lowest BCUT2D eigenvalue weighted by Crippen LogP contribution is -2.42. The van der Waals surface area contributed by atoms with Crippen LogP contribution >= 0.6 is 11.8 Å². The Bertz CT molecular complexity index is 629. The predicted octanol–water partition coefficient (Wildman–Crippen LogP) is 3.62. The second-order valence-corrected chi connectivity index (χ2v) is 5.69. The summed E-state index contributed by atoms with van der Waals surface area (Å²) in [6.45, 7) is 2.37. The quantitative estimate of drug-likeness (QED) is 0.936. The molecule has 1 atom stereocenters. The minimum atomic E-state index is -1.01. The highest BCUT2D eigenvalue weighted by Crippen LogP contribution is 2.49. The van der Waals surface area contributed by atoms with Crippen LogP contribution in [0.4, 0.5) is 5.69 Å². The van der Waals surface area contributed by atoms with Gasteiger partial charge in [0.15, 0.2) is 0 Å². The van der Waals surface area contributed by atoms with Gasteiger partial charge in [-0.25, -0.2) is 0 Å². The highest BCUT2D eigenvalue weighted by atomic mass is 32.2. The molecule has 1 heterocycles. The molecule has 2 aromatic rings. The molecule has 0 spiro atoms. The van der Waals surface area contributed by atoms with Crippen LogP contribution in [-0.2, 0) is 14.5 Å². The molecule has 0 saturated heterocycles. The van der Waals surface area contributed by atoms with Crippen molar-refractivity contribution in [3.8, 4) is 0 Å². The minimum absolute atomic E-state index is 0.130. The van der Waals surface area contributed by atoms with Gasteiger partial charge < -0.3 is 10.1 Å². The first-order valence-electron chi connectivity index (χ1n) is 6.55. The Labute approximate surface area is 122 Å². The van der Waals surface area contributed by atoms with Crippen molar-refractivity contribution in [2.75, 3.05) is 11.9 Å². The van der Waals surface area contributed by atoms with Crippen LogP contribution in [0, 0.1) is 0 Å². The van der Waals surface area contributed by atoms with E-state index in [4.69, 9.17) is 4.74 Å². The van der Waals surface area contributed by atoms with E-state index in [1.165, 1.54) is 11.8 Å². The van der Waals surface area contributed by atoms with Gasteiger partial charge in [0, 0.05) is 17.1 Å². The maximum atomic E-state index is 12.6. The van der Waals surface area contributed by atoms with Crippen LogP contribution < -0.4 is 5.32 Å². The Kier molecular flexibility index (Phi) is 3.51. The molecule has 0 bridgehead atoms. The number of fused-ring (bicyclic) bond motifs is 1. The van der Waals surface area contributed by atoms with Gasteiger partial charge in [0.1, 0.15) is 0 Å². The number of hydrogen-bond acceptors (Lipinski definition) is 3. The van der Waals surface area contributed by atoms with Gasteiger partial charge in [-0.2, -0.15) is 0 Å². The Morgan fingerprint density at radius 3 is 2.55 bits per heavy atom. The average molecular weight is 285 g/mol. The zero-order chi connectivity index (χ0) is 14.0. The van der Waals surface area contributed by atoms with E-state index in [0.717, 1.165) is 16.1 Å². The summed E-state index contributed by atoms with van der Waals surface area (Å²) in [5.74, 6) is -0.130. The third-order valence-corrected chi connectivity index (χ3v) is 4.59. The number of rotatable bonds is 3. The van der Waals surface area contributed by atoms with Crippen molar-refractivity contribution in [3.63, 3.8) is 0 Å². The second-order valence-electron chi connectivity index (χ2n) is 4.47. The fourth-order valence-corrected chi connectivity index (χ4v) is 3.55. The number of para-hydroxylation sites is 1. The molecule has 0 radical (unpaired) electrons. The van der Waals surface area contributed by atoms with Gasteiger partial charge in [-0.05, 0) is 19.1 Å². The number of anilines is 1. The Morgan fingerprint density at radius 1 is 1.10 bits per heavy atom. The van der Waals surface area contributed by atoms with E-state index in [1.54, 1.807) is 0 Å². The lowest BCUT2D eigenvalue weighted by Gasteiger charge is -2.36. The number of benzene rings is 2. The van der Waals surface area contributed by atoms with Gasteiger partial charge in [0.2, 0.25) is 4.93 Å². The van der Waals surface area contributed by atoms with Crippen molar-refractivity contribution in [3.05, 3.63) is 60.2 Å². The summed E-state index contributed by atoms with van der Waals surface area (Å²) < 4.78 is 5.88. The molecule has 1 aliphatic heterocycles. The normalized spacial score (nSPS) is 21.1. The maximum Gasteiger partial charge on any atom is 0.272 e. The number of hydrogen-bond donors (Lipinski definition) is 1. The molecule has 0 aromatic heterocycles. The molecule has 1 aliphatic rings. The van der Waals surface area contributed by atoms with E-state index in [1.807, 2.05) is 61.5 Å². The summed E-state index contributed by atoms with van der Waals surface area (Å²) in [5.41, 5.74) is 1.70. The Balaban J connectivity index is 2.10. The van der Waals surface area contributed by atoms with Gasteiger partial charge >= 0.3 is 0 Å². The average Bonchev–Trinajstić information content (AvgIpc) is 2.49. The highest BCUT2D eigenvalue weighted by Gasteiger charge is 2.45. The number of ether oxygens (including phenoxy) is 1. The van der Waals surface area contributed by atoms with Crippen LogP contribution in [0.3, 0.4) is 0 Å². The van der Waals surface area contributed by atoms with Gasteiger partial charge in [-0.3, -0.25) is 4.79 Å². The van der Waals surface area contributed by atoms with Crippen LogP contribution in [0.25, 0.3) is 0 Å². The molecule has 3 nitrogen and oxygen atoms in total. The number of amides is 1. The predicted molar refractivity (Wildman–Crippen MR) is 80.7 cm³/mol. The summed E-state index contributed by atoms with van der Waals surface area (Å²) in [6.07, 6.45) is 0. The van der Waals surface area contributed by atoms with Crippen LogP contribution in [0.5, 0.6) is 0 Å². The number of thioether (sulfide) groups is 1. The maximum absolute atomic E-state index is 12.6. The van der Waals surface area contributed by atoms with Crippen LogP contribution in [0.2, 0.25) is 0 Å². The number of carbonyl (C=O) groups excluding carboxylic acids is 1. The molecule has 0 fully saturated rings. The van der Waals surface area contributed by atoms with Crippen molar-refractivity contribution in [2.45, 2.75) is 16.8 Å². The topological polar surface area (TPSA) is 38.3 Å². The van der Waals surface area contributed by atoms with Gasteiger partial charge in [-0.1, -0.05) is 54.2 Å². The SMILES string of the molecule is CCOC1(c2ccccc2)Sc2ccccc2NC1=O. The fourth-order valence-electron chi connectivity index (χ4n) is 2.29. The van der Waals surface area contributed by atoms with E-state index in [-0.39, 0.29) is 5.91 Å². The second kappa shape index (κ2) is 5.31. The summed E-state index contributed by atoms with van der Waals surface area (Å²) >= 11 is 1.46. The van der Waals surface area contributed by atoms with Gasteiger partial charge in [-0.15, -0.1) is 0 Å². The van der Waals surface area contributed by atoms with Crippen molar-refractivity contribution < 1.29 is 9.53 Å². The molecule has 1 unspecified atom stereocenters. The van der Waals surface area contributed by atoms with Crippen molar-refractivity contribution in [1.29, 1.82) is 0 Å². The zero-order valence-corrected chi connectivity index (χ0v) is 11.9. The number of nitrogens with one attached hydrogen (secondary N) is 1. The fraction of sp³-hybridized carbons (Fsp3) is 0.188. The lowest BCUT2D eigenvalue weighted by atomic mass is 10.1. The van der Waals surface area contributed by atoms with Gasteiger partial charge in [0.05, 0.1) is 5.69 Å². The summed E-state index contributed by atoms with van der Waals surface area (Å²) in [6, 6.07) is 17.4. The molecule has 0 aliphatic carbocycles. The monoisotopic (exact) mass is 285 g/mol. The third-order valence-electron chi connectivity index (χ3n) is 3.19. The van der Waals surface area contributed by atoms with E-state index in [0.29, 0.717) is 6.61 Å². The third kappa shape index (κ3) is 2.11. The molecule has 0 saturated carbocycles.